The first-order valence-electron chi connectivity index (χ1n) is 12.2. The van der Waals surface area contributed by atoms with E-state index in [9.17, 15) is 0 Å². The summed E-state index contributed by atoms with van der Waals surface area (Å²) < 4.78 is 1.03. The maximum absolute atomic E-state index is 5.07. The van der Waals surface area contributed by atoms with Crippen LogP contribution in [-0.4, -0.2) is 9.97 Å². The van der Waals surface area contributed by atoms with Crippen LogP contribution >= 0.6 is 15.9 Å². The lowest BCUT2D eigenvalue weighted by molar-refractivity contribution is 1.30. The molecule has 2 heterocycles. The SMILES string of the molecule is Brc1cccc(-c2cc(-c3cc(-c4ccccc4)nc(-c4ccccc4)c3)cc(-c3ccccc3)n2)c1. The maximum atomic E-state index is 5.07. The van der Waals surface area contributed by atoms with Crippen LogP contribution < -0.4 is 0 Å². The minimum Gasteiger partial charge on any atom is -0.248 e. The third kappa shape index (κ3) is 5.13. The van der Waals surface area contributed by atoms with Gasteiger partial charge in [-0.1, -0.05) is 119 Å². The first kappa shape index (κ1) is 23.1. The lowest BCUT2D eigenvalue weighted by Gasteiger charge is -2.13. The number of halogens is 1. The molecule has 0 bridgehead atoms. The van der Waals surface area contributed by atoms with Gasteiger partial charge in [0.15, 0.2) is 0 Å². The van der Waals surface area contributed by atoms with Gasteiger partial charge in [-0.2, -0.15) is 0 Å². The Hall–Kier alpha value is -4.34. The fourth-order valence-electron chi connectivity index (χ4n) is 4.46. The van der Waals surface area contributed by atoms with Crippen molar-refractivity contribution in [3.05, 3.63) is 144 Å². The molecule has 6 rings (SSSR count). The number of aromatic nitrogens is 2. The first-order chi connectivity index (χ1) is 18.2. The van der Waals surface area contributed by atoms with E-state index in [0.717, 1.165) is 60.6 Å². The Morgan fingerprint density at radius 1 is 0.324 bits per heavy atom. The molecule has 3 heteroatoms. The van der Waals surface area contributed by atoms with Crippen LogP contribution in [0.2, 0.25) is 0 Å². The van der Waals surface area contributed by atoms with Crippen LogP contribution in [0, 0.1) is 0 Å². The van der Waals surface area contributed by atoms with Crippen molar-refractivity contribution in [3.8, 4) is 56.2 Å². The normalized spacial score (nSPS) is 10.8. The number of rotatable bonds is 5. The minimum absolute atomic E-state index is 0.928. The second kappa shape index (κ2) is 10.3. The van der Waals surface area contributed by atoms with Gasteiger partial charge in [0.1, 0.15) is 0 Å². The van der Waals surface area contributed by atoms with Gasteiger partial charge in [-0.15, -0.1) is 0 Å². The molecule has 0 aliphatic carbocycles. The number of nitrogens with zero attached hydrogens (tertiary/aromatic N) is 2. The summed E-state index contributed by atoms with van der Waals surface area (Å²) in [4.78, 5) is 10.1. The number of benzene rings is 4. The number of hydrogen-bond donors (Lipinski definition) is 0. The molecule has 0 saturated carbocycles. The quantitative estimate of drug-likeness (QED) is 0.218. The van der Waals surface area contributed by atoms with Gasteiger partial charge in [0.05, 0.1) is 22.8 Å². The summed E-state index contributed by atoms with van der Waals surface area (Å²) in [6.07, 6.45) is 0. The monoisotopic (exact) mass is 538 g/mol. The van der Waals surface area contributed by atoms with Crippen molar-refractivity contribution in [1.82, 2.24) is 9.97 Å². The average molecular weight is 539 g/mol. The van der Waals surface area contributed by atoms with E-state index in [2.05, 4.69) is 125 Å². The van der Waals surface area contributed by atoms with E-state index in [1.165, 1.54) is 0 Å². The Morgan fingerprint density at radius 2 is 0.676 bits per heavy atom. The van der Waals surface area contributed by atoms with E-state index < -0.39 is 0 Å². The molecule has 0 radical (unpaired) electrons. The summed E-state index contributed by atoms with van der Waals surface area (Å²) in [5.74, 6) is 0. The molecular formula is C34H23BrN2. The minimum atomic E-state index is 0.928. The lowest BCUT2D eigenvalue weighted by atomic mass is 9.97. The van der Waals surface area contributed by atoms with Crippen LogP contribution in [0.15, 0.2) is 144 Å². The van der Waals surface area contributed by atoms with E-state index in [1.807, 2.05) is 30.3 Å². The Morgan fingerprint density at radius 3 is 1.05 bits per heavy atom. The molecule has 0 atom stereocenters. The van der Waals surface area contributed by atoms with Crippen molar-refractivity contribution in [2.24, 2.45) is 0 Å². The molecular weight excluding hydrogens is 516 g/mol. The Bertz CT molecular complexity index is 1610. The molecule has 0 amide bonds. The molecule has 0 unspecified atom stereocenters. The molecule has 0 aliphatic rings. The van der Waals surface area contributed by atoms with Gasteiger partial charge in [0.2, 0.25) is 0 Å². The van der Waals surface area contributed by atoms with Gasteiger partial charge in [0, 0.05) is 26.7 Å². The fourth-order valence-corrected chi connectivity index (χ4v) is 4.86. The zero-order chi connectivity index (χ0) is 25.0. The van der Waals surface area contributed by atoms with Crippen LogP contribution in [0.5, 0.6) is 0 Å². The van der Waals surface area contributed by atoms with Gasteiger partial charge >= 0.3 is 0 Å². The smallest absolute Gasteiger partial charge is 0.0716 e. The Labute approximate surface area is 225 Å². The van der Waals surface area contributed by atoms with Gasteiger partial charge in [0.25, 0.3) is 0 Å². The van der Waals surface area contributed by atoms with Crippen LogP contribution in [-0.2, 0) is 0 Å². The predicted molar refractivity (Wildman–Crippen MR) is 157 cm³/mol. The average Bonchev–Trinajstić information content (AvgIpc) is 2.98. The summed E-state index contributed by atoms with van der Waals surface area (Å²) in [5, 5.41) is 0. The second-order valence-corrected chi connectivity index (χ2v) is 9.78. The maximum Gasteiger partial charge on any atom is 0.0716 e. The van der Waals surface area contributed by atoms with Crippen molar-refractivity contribution < 1.29 is 0 Å². The number of pyridine rings is 2. The lowest BCUT2D eigenvalue weighted by Crippen LogP contribution is -1.94. The summed E-state index contributed by atoms with van der Waals surface area (Å²) in [6.45, 7) is 0. The Kier molecular flexibility index (Phi) is 6.45. The zero-order valence-corrected chi connectivity index (χ0v) is 21.6. The largest absolute Gasteiger partial charge is 0.248 e. The fraction of sp³-hybridized carbons (Fsp3) is 0. The number of hydrogen-bond acceptors (Lipinski definition) is 2. The van der Waals surface area contributed by atoms with E-state index in [1.54, 1.807) is 0 Å². The topological polar surface area (TPSA) is 25.8 Å². The van der Waals surface area contributed by atoms with E-state index >= 15 is 0 Å². The zero-order valence-electron chi connectivity index (χ0n) is 20.1. The van der Waals surface area contributed by atoms with Crippen molar-refractivity contribution >= 4 is 15.9 Å². The van der Waals surface area contributed by atoms with Crippen LogP contribution in [0.4, 0.5) is 0 Å². The van der Waals surface area contributed by atoms with Crippen molar-refractivity contribution in [3.63, 3.8) is 0 Å². The molecule has 0 aliphatic heterocycles. The van der Waals surface area contributed by atoms with Crippen LogP contribution in [0.1, 0.15) is 0 Å². The van der Waals surface area contributed by atoms with Crippen LogP contribution in [0.25, 0.3) is 56.2 Å². The van der Waals surface area contributed by atoms with Gasteiger partial charge < -0.3 is 0 Å². The highest BCUT2D eigenvalue weighted by molar-refractivity contribution is 9.10. The summed E-state index contributed by atoms with van der Waals surface area (Å²) in [7, 11) is 0. The summed E-state index contributed by atoms with van der Waals surface area (Å²) >= 11 is 3.62. The standard InChI is InChI=1S/C34H23BrN2/c35-30-18-10-17-27(19-30)34-23-29(22-33(37-34)26-15-8-3-9-16-26)28-20-31(24-11-4-1-5-12-24)36-32(21-28)25-13-6-2-7-14-25/h1-23H. The molecule has 2 nitrogen and oxygen atoms in total. The molecule has 0 N–H and O–H groups in total. The first-order valence-corrected chi connectivity index (χ1v) is 13.0. The van der Waals surface area contributed by atoms with E-state index in [0.29, 0.717) is 0 Å². The highest BCUT2D eigenvalue weighted by atomic mass is 79.9. The summed E-state index contributed by atoms with van der Waals surface area (Å²) in [6, 6.07) is 48.0. The summed E-state index contributed by atoms with van der Waals surface area (Å²) in [5.41, 5.74) is 10.3. The van der Waals surface area contributed by atoms with Gasteiger partial charge in [-0.3, -0.25) is 0 Å². The molecule has 0 fully saturated rings. The third-order valence-electron chi connectivity index (χ3n) is 6.31. The van der Waals surface area contributed by atoms with Gasteiger partial charge in [-0.25, -0.2) is 9.97 Å². The highest BCUT2D eigenvalue weighted by Gasteiger charge is 2.13. The molecule has 4 aromatic carbocycles. The third-order valence-corrected chi connectivity index (χ3v) is 6.81. The van der Waals surface area contributed by atoms with Gasteiger partial charge in [-0.05, 0) is 47.5 Å². The highest BCUT2D eigenvalue weighted by Crippen LogP contribution is 2.34. The molecule has 176 valence electrons. The van der Waals surface area contributed by atoms with Crippen molar-refractivity contribution in [2.45, 2.75) is 0 Å². The molecule has 37 heavy (non-hydrogen) atoms. The Balaban J connectivity index is 1.59. The van der Waals surface area contributed by atoms with Crippen molar-refractivity contribution in [2.75, 3.05) is 0 Å². The van der Waals surface area contributed by atoms with E-state index in [-0.39, 0.29) is 0 Å². The molecule has 6 aromatic rings. The molecule has 0 saturated heterocycles. The van der Waals surface area contributed by atoms with Crippen molar-refractivity contribution in [1.29, 1.82) is 0 Å². The molecule has 0 spiro atoms. The predicted octanol–water partition coefficient (Wildman–Crippen LogP) is 9.57. The molecule has 2 aromatic heterocycles. The second-order valence-electron chi connectivity index (χ2n) is 8.86. The van der Waals surface area contributed by atoms with Crippen LogP contribution in [0.3, 0.4) is 0 Å². The van der Waals surface area contributed by atoms with E-state index in [4.69, 9.17) is 9.97 Å².